The van der Waals surface area contributed by atoms with Crippen molar-refractivity contribution in [2.24, 2.45) is 0 Å². The highest BCUT2D eigenvalue weighted by atomic mass is 19.1. The Morgan fingerprint density at radius 2 is 2.09 bits per heavy atom. The van der Waals surface area contributed by atoms with E-state index in [1.165, 1.54) is 4.90 Å². The zero-order chi connectivity index (χ0) is 15.4. The molecule has 0 spiro atoms. The second-order valence-corrected chi connectivity index (χ2v) is 4.44. The van der Waals surface area contributed by atoms with Crippen molar-refractivity contribution >= 4 is 28.7 Å². The number of halogens is 1. The van der Waals surface area contributed by atoms with E-state index in [4.69, 9.17) is 0 Å². The van der Waals surface area contributed by atoms with Crippen LogP contribution in [0.2, 0.25) is 0 Å². The molecule has 1 aromatic carbocycles. The Balaban J connectivity index is 2.01. The molecule has 2 aromatic heterocycles. The Hall–Kier alpha value is -3.03. The van der Waals surface area contributed by atoms with Crippen LogP contribution in [0.4, 0.5) is 20.8 Å². The molecule has 112 valence electrons. The summed E-state index contributed by atoms with van der Waals surface area (Å²) in [6.07, 6.45) is 3.16. The van der Waals surface area contributed by atoms with Crippen molar-refractivity contribution < 1.29 is 9.18 Å². The molecular formula is C14H13FN6O. The third-order valence-electron chi connectivity index (χ3n) is 2.97. The summed E-state index contributed by atoms with van der Waals surface area (Å²) >= 11 is 0. The molecule has 0 fully saturated rings. The number of carbonyl (C=O) groups is 1. The number of urea groups is 1. The molecule has 0 atom stereocenters. The van der Waals surface area contributed by atoms with E-state index in [-0.39, 0.29) is 12.5 Å². The molecule has 8 heteroatoms. The van der Waals surface area contributed by atoms with Gasteiger partial charge >= 0.3 is 6.03 Å². The molecule has 0 aliphatic heterocycles. The molecule has 3 rings (SSSR count). The van der Waals surface area contributed by atoms with Crippen LogP contribution in [-0.4, -0.2) is 39.4 Å². The van der Waals surface area contributed by atoms with Crippen molar-refractivity contribution in [1.29, 1.82) is 0 Å². The monoisotopic (exact) mass is 300 g/mol. The number of hydrogen-bond donors (Lipinski definition) is 2. The van der Waals surface area contributed by atoms with Crippen molar-refractivity contribution in [3.63, 3.8) is 0 Å². The molecule has 0 radical (unpaired) electrons. The number of rotatable bonds is 4. The van der Waals surface area contributed by atoms with Gasteiger partial charge in [0.1, 0.15) is 6.67 Å². The lowest BCUT2D eigenvalue weighted by Crippen LogP contribution is -2.38. The highest BCUT2D eigenvalue weighted by Crippen LogP contribution is 2.22. The number of carbonyl (C=O) groups excluding carboxylic acids is 1. The summed E-state index contributed by atoms with van der Waals surface area (Å²) in [7, 11) is 0. The highest BCUT2D eigenvalue weighted by Gasteiger charge is 2.20. The zero-order valence-electron chi connectivity index (χ0n) is 11.5. The van der Waals surface area contributed by atoms with E-state index >= 15 is 0 Å². The molecule has 0 bridgehead atoms. The third kappa shape index (κ3) is 2.71. The first kappa shape index (κ1) is 13.9. The van der Waals surface area contributed by atoms with Gasteiger partial charge in [0.05, 0.1) is 17.3 Å². The number of alkyl halides is 1. The van der Waals surface area contributed by atoms with Gasteiger partial charge in [0.25, 0.3) is 0 Å². The van der Waals surface area contributed by atoms with Gasteiger partial charge in [-0.1, -0.05) is 18.2 Å². The number of fused-ring (bicyclic) bond motifs is 1. The van der Waals surface area contributed by atoms with Crippen molar-refractivity contribution in [2.75, 3.05) is 18.1 Å². The number of hydrogen-bond acceptors (Lipinski definition) is 4. The van der Waals surface area contributed by atoms with E-state index in [9.17, 15) is 9.18 Å². The number of benzene rings is 1. The molecule has 2 amide bonds. The number of amides is 2. The van der Waals surface area contributed by atoms with Crippen LogP contribution in [0.1, 0.15) is 0 Å². The average molecular weight is 300 g/mol. The van der Waals surface area contributed by atoms with Gasteiger partial charge in [0, 0.05) is 12.7 Å². The lowest BCUT2D eigenvalue weighted by Gasteiger charge is -2.20. The van der Waals surface area contributed by atoms with Gasteiger partial charge in [-0.3, -0.25) is 5.10 Å². The fraction of sp³-hybridized carbons (Fsp3) is 0.143. The summed E-state index contributed by atoms with van der Waals surface area (Å²) in [4.78, 5) is 22.1. The van der Waals surface area contributed by atoms with Crippen molar-refractivity contribution in [2.45, 2.75) is 0 Å². The van der Waals surface area contributed by atoms with Crippen LogP contribution in [0, 0.1) is 0 Å². The SMILES string of the molecule is O=C(NCCF)N(c1ccccc1)c1ncc2cn[nH]c2n1. The summed E-state index contributed by atoms with van der Waals surface area (Å²) in [6, 6.07) is 8.41. The molecule has 22 heavy (non-hydrogen) atoms. The predicted octanol–water partition coefficient (Wildman–Crippen LogP) is 2.17. The van der Waals surface area contributed by atoms with Gasteiger partial charge in [0.15, 0.2) is 5.65 Å². The zero-order valence-corrected chi connectivity index (χ0v) is 11.5. The Bertz CT molecular complexity index is 775. The number of anilines is 2. The largest absolute Gasteiger partial charge is 0.335 e. The number of nitrogens with one attached hydrogen (secondary N) is 2. The second kappa shape index (κ2) is 6.17. The first-order chi connectivity index (χ1) is 10.8. The van der Waals surface area contributed by atoms with Crippen molar-refractivity contribution in [3.8, 4) is 0 Å². The van der Waals surface area contributed by atoms with Crippen LogP contribution < -0.4 is 10.2 Å². The minimum atomic E-state index is -0.644. The van der Waals surface area contributed by atoms with Gasteiger partial charge < -0.3 is 5.32 Å². The fourth-order valence-electron chi connectivity index (χ4n) is 1.97. The van der Waals surface area contributed by atoms with Crippen LogP contribution in [-0.2, 0) is 0 Å². The molecule has 0 saturated carbocycles. The number of aromatic amines is 1. The van der Waals surface area contributed by atoms with E-state index in [1.54, 1.807) is 36.7 Å². The van der Waals surface area contributed by atoms with Gasteiger partial charge in [-0.15, -0.1) is 0 Å². The average Bonchev–Trinajstić information content (AvgIpc) is 3.02. The molecule has 2 heterocycles. The van der Waals surface area contributed by atoms with Crippen LogP contribution in [0.3, 0.4) is 0 Å². The van der Waals surface area contributed by atoms with Crippen LogP contribution in [0.15, 0.2) is 42.7 Å². The normalized spacial score (nSPS) is 10.6. The summed E-state index contributed by atoms with van der Waals surface area (Å²) in [5, 5.41) is 9.82. The molecule has 0 aliphatic rings. The summed E-state index contributed by atoms with van der Waals surface area (Å²) < 4.78 is 12.3. The van der Waals surface area contributed by atoms with E-state index in [0.29, 0.717) is 11.3 Å². The molecule has 2 N–H and O–H groups in total. The van der Waals surface area contributed by atoms with E-state index < -0.39 is 12.7 Å². The lowest BCUT2D eigenvalue weighted by atomic mass is 10.3. The maximum absolute atomic E-state index is 12.3. The standard InChI is InChI=1S/C14H13FN6O/c15-6-7-16-14(22)21(11-4-2-1-3-5-11)13-17-8-10-9-18-20-12(10)19-13/h1-5,8-9H,6-7H2,(H,16,22)(H,17,18,19,20). The van der Waals surface area contributed by atoms with E-state index in [2.05, 4.69) is 25.5 Å². The molecule has 0 aliphatic carbocycles. The maximum Gasteiger partial charge on any atom is 0.329 e. The third-order valence-corrected chi connectivity index (χ3v) is 2.97. The first-order valence-corrected chi connectivity index (χ1v) is 6.64. The molecule has 7 nitrogen and oxygen atoms in total. The smallest absolute Gasteiger partial charge is 0.329 e. The quantitative estimate of drug-likeness (QED) is 0.773. The topological polar surface area (TPSA) is 86.8 Å². The Morgan fingerprint density at radius 1 is 1.27 bits per heavy atom. The van der Waals surface area contributed by atoms with Gasteiger partial charge in [-0.05, 0) is 12.1 Å². The Labute approximate surface area is 125 Å². The summed E-state index contributed by atoms with van der Waals surface area (Å²) in [5.74, 6) is 0.180. The number of para-hydroxylation sites is 1. The number of nitrogens with zero attached hydrogens (tertiary/aromatic N) is 4. The molecule has 0 saturated heterocycles. The van der Waals surface area contributed by atoms with Crippen LogP contribution in [0.25, 0.3) is 11.0 Å². The Kier molecular flexibility index (Phi) is 3.90. The Morgan fingerprint density at radius 3 is 2.86 bits per heavy atom. The van der Waals surface area contributed by atoms with Gasteiger partial charge in [0.2, 0.25) is 5.95 Å². The van der Waals surface area contributed by atoms with Crippen molar-refractivity contribution in [1.82, 2.24) is 25.5 Å². The first-order valence-electron chi connectivity index (χ1n) is 6.64. The van der Waals surface area contributed by atoms with Crippen molar-refractivity contribution in [3.05, 3.63) is 42.7 Å². The summed E-state index contributed by atoms with van der Waals surface area (Å²) in [5.41, 5.74) is 1.10. The molecular weight excluding hydrogens is 287 g/mol. The minimum Gasteiger partial charge on any atom is -0.335 e. The minimum absolute atomic E-state index is 0.0749. The van der Waals surface area contributed by atoms with E-state index in [0.717, 1.165) is 5.39 Å². The predicted molar refractivity (Wildman–Crippen MR) is 79.6 cm³/mol. The fourth-order valence-corrected chi connectivity index (χ4v) is 1.97. The van der Waals surface area contributed by atoms with E-state index in [1.807, 2.05) is 6.07 Å². The maximum atomic E-state index is 12.3. The van der Waals surface area contributed by atoms with Crippen LogP contribution >= 0.6 is 0 Å². The molecule has 3 aromatic rings. The highest BCUT2D eigenvalue weighted by molar-refractivity contribution is 5.98. The number of H-pyrrole nitrogens is 1. The lowest BCUT2D eigenvalue weighted by molar-refractivity contribution is 0.247. The van der Waals surface area contributed by atoms with Gasteiger partial charge in [-0.2, -0.15) is 10.1 Å². The number of aromatic nitrogens is 4. The van der Waals surface area contributed by atoms with Gasteiger partial charge in [-0.25, -0.2) is 19.1 Å². The van der Waals surface area contributed by atoms with Crippen LogP contribution in [0.5, 0.6) is 0 Å². The molecule has 0 unspecified atom stereocenters. The summed E-state index contributed by atoms with van der Waals surface area (Å²) in [6.45, 7) is -0.719. The second-order valence-electron chi connectivity index (χ2n) is 4.44.